The summed E-state index contributed by atoms with van der Waals surface area (Å²) < 4.78 is 0. The number of nitrogens with one attached hydrogen (secondary N) is 1. The largest absolute Gasteiger partial charge is 0.476 e. The Morgan fingerprint density at radius 2 is 2.39 bits per heavy atom. The van der Waals surface area contributed by atoms with Gasteiger partial charge in [-0.3, -0.25) is 4.79 Å². The molecule has 2 N–H and O–H groups in total. The van der Waals surface area contributed by atoms with E-state index in [2.05, 4.69) is 20.3 Å². The zero-order valence-electron chi connectivity index (χ0n) is 9.24. The summed E-state index contributed by atoms with van der Waals surface area (Å²) in [5, 5.41) is 16.0. The number of hydrogen-bond donors (Lipinski definition) is 2. The summed E-state index contributed by atoms with van der Waals surface area (Å²) in [6.45, 7) is 1.55. The quantitative estimate of drug-likeness (QED) is 0.336. The van der Waals surface area contributed by atoms with Gasteiger partial charge in [-0.2, -0.15) is 0 Å². The number of carbonyl (C=O) groups excluding carboxylic acids is 2. The first-order chi connectivity index (χ1) is 8.58. The van der Waals surface area contributed by atoms with Crippen LogP contribution in [0.1, 0.15) is 19.0 Å². The first-order valence-corrected chi connectivity index (χ1v) is 5.63. The summed E-state index contributed by atoms with van der Waals surface area (Å²) in [7, 11) is 0. The molecule has 0 bridgehead atoms. The number of aliphatic carboxylic acids is 1. The fourth-order valence-corrected chi connectivity index (χ4v) is 1.51. The molecule has 0 atom stereocenters. The average Bonchev–Trinajstić information content (AvgIpc) is 2.77. The van der Waals surface area contributed by atoms with Gasteiger partial charge in [-0.25, -0.2) is 14.6 Å². The van der Waals surface area contributed by atoms with Crippen molar-refractivity contribution < 1.29 is 24.3 Å². The number of carboxylic acids is 1. The molecule has 1 aromatic heterocycles. The van der Waals surface area contributed by atoms with Crippen molar-refractivity contribution in [2.45, 2.75) is 13.3 Å². The monoisotopic (exact) mass is 271 g/mol. The van der Waals surface area contributed by atoms with Gasteiger partial charge in [0.2, 0.25) is 12.1 Å². The van der Waals surface area contributed by atoms with Crippen LogP contribution < -0.4 is 5.32 Å². The number of nitrogens with zero attached hydrogens (tertiary/aromatic N) is 2. The van der Waals surface area contributed by atoms with Crippen molar-refractivity contribution in [3.05, 3.63) is 11.1 Å². The van der Waals surface area contributed by atoms with Crippen molar-refractivity contribution in [1.29, 1.82) is 0 Å². The van der Waals surface area contributed by atoms with Crippen molar-refractivity contribution in [3.63, 3.8) is 0 Å². The molecule has 0 saturated carbocycles. The van der Waals surface area contributed by atoms with E-state index >= 15 is 0 Å². The van der Waals surface area contributed by atoms with Crippen LogP contribution in [0.2, 0.25) is 0 Å². The van der Waals surface area contributed by atoms with Crippen LogP contribution in [0, 0.1) is 0 Å². The molecule has 1 aromatic rings. The van der Waals surface area contributed by atoms with E-state index in [1.54, 1.807) is 6.92 Å². The minimum Gasteiger partial charge on any atom is -0.476 e. The van der Waals surface area contributed by atoms with E-state index < -0.39 is 17.7 Å². The Balaban J connectivity index is 2.93. The van der Waals surface area contributed by atoms with Crippen LogP contribution in [0.5, 0.6) is 0 Å². The van der Waals surface area contributed by atoms with Crippen LogP contribution >= 0.6 is 11.3 Å². The fourth-order valence-electron chi connectivity index (χ4n) is 0.856. The molecule has 18 heavy (non-hydrogen) atoms. The van der Waals surface area contributed by atoms with E-state index in [9.17, 15) is 14.4 Å². The maximum Gasteiger partial charge on any atom is 0.360 e. The maximum absolute atomic E-state index is 10.9. The molecule has 1 amide bonds. The molecule has 0 aliphatic rings. The van der Waals surface area contributed by atoms with E-state index in [1.807, 2.05) is 0 Å². The molecule has 0 aromatic carbocycles. The Hall–Kier alpha value is -2.29. The smallest absolute Gasteiger partial charge is 0.360 e. The first-order valence-electron chi connectivity index (χ1n) is 4.75. The molecule has 0 aliphatic carbocycles. The van der Waals surface area contributed by atoms with Crippen molar-refractivity contribution >= 4 is 40.5 Å². The standard InChI is InChI=1S/C9H9N3O5S/c1-2-6(14)17-12-7(8(15)16)5-3-18-9(11-5)10-4-13/h3-4H,2H2,1H3,(H,15,16)(H,10,11,13). The van der Waals surface area contributed by atoms with Crippen LogP contribution in [0.15, 0.2) is 10.5 Å². The summed E-state index contributed by atoms with van der Waals surface area (Å²) >= 11 is 1.02. The van der Waals surface area contributed by atoms with Gasteiger partial charge >= 0.3 is 11.9 Å². The number of hydrogen-bond acceptors (Lipinski definition) is 7. The van der Waals surface area contributed by atoms with Gasteiger partial charge < -0.3 is 15.3 Å². The predicted molar refractivity (Wildman–Crippen MR) is 62.4 cm³/mol. The molecule has 0 fully saturated rings. The van der Waals surface area contributed by atoms with E-state index in [-0.39, 0.29) is 17.2 Å². The molecular weight excluding hydrogens is 262 g/mol. The number of anilines is 1. The Labute approximate surface area is 105 Å². The van der Waals surface area contributed by atoms with E-state index in [0.717, 1.165) is 11.3 Å². The molecule has 0 saturated heterocycles. The van der Waals surface area contributed by atoms with Gasteiger partial charge in [0.25, 0.3) is 0 Å². The zero-order chi connectivity index (χ0) is 13.5. The second-order valence-corrected chi connectivity index (χ2v) is 3.72. The summed E-state index contributed by atoms with van der Waals surface area (Å²) in [4.78, 5) is 40.2. The van der Waals surface area contributed by atoms with Crippen LogP contribution in [-0.4, -0.2) is 34.2 Å². The lowest BCUT2D eigenvalue weighted by atomic mass is 10.3. The highest BCUT2D eigenvalue weighted by atomic mass is 32.1. The highest BCUT2D eigenvalue weighted by Gasteiger charge is 2.18. The van der Waals surface area contributed by atoms with Crippen molar-refractivity contribution in [3.8, 4) is 0 Å². The second-order valence-electron chi connectivity index (χ2n) is 2.86. The third kappa shape index (κ3) is 3.63. The third-order valence-corrected chi connectivity index (χ3v) is 2.43. The maximum atomic E-state index is 10.9. The van der Waals surface area contributed by atoms with E-state index in [0.29, 0.717) is 6.41 Å². The molecule has 96 valence electrons. The van der Waals surface area contributed by atoms with Gasteiger partial charge in [-0.1, -0.05) is 12.1 Å². The lowest BCUT2D eigenvalue weighted by Gasteiger charge is -1.97. The number of oxime groups is 1. The van der Waals surface area contributed by atoms with Gasteiger partial charge in [-0.15, -0.1) is 11.3 Å². The molecule has 0 radical (unpaired) electrons. The van der Waals surface area contributed by atoms with Gasteiger partial charge in [0, 0.05) is 11.8 Å². The first kappa shape index (κ1) is 13.8. The van der Waals surface area contributed by atoms with Crippen LogP contribution in [0.3, 0.4) is 0 Å². The van der Waals surface area contributed by atoms with Gasteiger partial charge in [-0.05, 0) is 0 Å². The topological polar surface area (TPSA) is 118 Å². The minimum atomic E-state index is -1.39. The normalized spacial score (nSPS) is 10.8. The van der Waals surface area contributed by atoms with E-state index in [1.165, 1.54) is 5.38 Å². The molecular formula is C9H9N3O5S. The minimum absolute atomic E-state index is 0.000697. The number of carboxylic acid groups (broad SMARTS) is 1. The Morgan fingerprint density at radius 1 is 1.67 bits per heavy atom. The summed E-state index contributed by atoms with van der Waals surface area (Å²) in [5.74, 6) is -2.04. The highest BCUT2D eigenvalue weighted by Crippen LogP contribution is 2.15. The SMILES string of the molecule is CCC(=O)ON=C(C(=O)O)c1csc(NC=O)n1. The summed E-state index contributed by atoms with van der Waals surface area (Å²) in [6.07, 6.45) is 0.489. The number of amides is 1. The van der Waals surface area contributed by atoms with Crippen LogP contribution in [0.4, 0.5) is 5.13 Å². The third-order valence-electron chi connectivity index (χ3n) is 1.66. The molecule has 0 spiro atoms. The predicted octanol–water partition coefficient (Wildman–Crippen LogP) is 0.453. The number of rotatable bonds is 6. The highest BCUT2D eigenvalue weighted by molar-refractivity contribution is 7.14. The average molecular weight is 271 g/mol. The molecule has 8 nitrogen and oxygen atoms in total. The lowest BCUT2D eigenvalue weighted by Crippen LogP contribution is -2.16. The lowest BCUT2D eigenvalue weighted by molar-refractivity contribution is -0.143. The van der Waals surface area contributed by atoms with Gasteiger partial charge in [0.15, 0.2) is 5.13 Å². The molecule has 1 heterocycles. The van der Waals surface area contributed by atoms with Crippen molar-refractivity contribution in [2.24, 2.45) is 5.16 Å². The fraction of sp³-hybridized carbons (Fsp3) is 0.222. The van der Waals surface area contributed by atoms with E-state index in [4.69, 9.17) is 5.11 Å². The number of aromatic nitrogens is 1. The molecule has 9 heteroatoms. The van der Waals surface area contributed by atoms with Crippen molar-refractivity contribution in [2.75, 3.05) is 5.32 Å². The van der Waals surface area contributed by atoms with Crippen molar-refractivity contribution in [1.82, 2.24) is 4.98 Å². The number of carbonyl (C=O) groups is 3. The van der Waals surface area contributed by atoms with Gasteiger partial charge in [0.05, 0.1) is 0 Å². The summed E-state index contributed by atoms with van der Waals surface area (Å²) in [6, 6.07) is 0. The second kappa shape index (κ2) is 6.45. The Bertz CT molecular complexity index is 496. The Morgan fingerprint density at radius 3 is 2.94 bits per heavy atom. The molecule has 0 unspecified atom stereocenters. The molecule has 1 rings (SSSR count). The molecule has 0 aliphatic heterocycles. The zero-order valence-corrected chi connectivity index (χ0v) is 10.1. The van der Waals surface area contributed by atoms with Crippen LogP contribution in [-0.2, 0) is 19.2 Å². The number of thiazole rings is 1. The van der Waals surface area contributed by atoms with Crippen LogP contribution in [0.25, 0.3) is 0 Å². The van der Waals surface area contributed by atoms with Gasteiger partial charge in [0.1, 0.15) is 5.69 Å². The summed E-state index contributed by atoms with van der Waals surface area (Å²) in [5.41, 5.74) is -0.507. The Kier molecular flexibility index (Phi) is 4.93.